The molecule has 0 aromatic heterocycles. The molecule has 0 unspecified atom stereocenters. The maximum absolute atomic E-state index is 13.2. The second-order valence-electron chi connectivity index (χ2n) is 5.86. The van der Waals surface area contributed by atoms with Gasteiger partial charge in [-0.05, 0) is 37.5 Å². The van der Waals surface area contributed by atoms with Crippen LogP contribution in [0.25, 0.3) is 0 Å². The molecule has 1 aliphatic heterocycles. The van der Waals surface area contributed by atoms with Gasteiger partial charge in [-0.3, -0.25) is 9.59 Å². The molecule has 1 heterocycles. The number of carbonyl (C=O) groups is 2. The fourth-order valence-corrected chi connectivity index (χ4v) is 3.49. The van der Waals surface area contributed by atoms with Gasteiger partial charge in [0.1, 0.15) is 5.82 Å². The van der Waals surface area contributed by atoms with E-state index < -0.39 is 0 Å². The van der Waals surface area contributed by atoms with Crippen LogP contribution in [0.4, 0.5) is 4.39 Å². The Bertz CT molecular complexity index is 559. The van der Waals surface area contributed by atoms with E-state index in [1.807, 2.05) is 17.9 Å². The molecular formula is C17H23FN2O2S. The summed E-state index contributed by atoms with van der Waals surface area (Å²) in [4.78, 5) is 25.1. The van der Waals surface area contributed by atoms with Gasteiger partial charge in [0, 0.05) is 31.3 Å². The predicted molar refractivity (Wildman–Crippen MR) is 90.7 cm³/mol. The first-order valence-electron chi connectivity index (χ1n) is 7.87. The minimum absolute atomic E-state index is 0.000437. The highest BCUT2D eigenvalue weighted by atomic mass is 32.2. The number of amides is 2. The van der Waals surface area contributed by atoms with E-state index in [1.54, 1.807) is 13.0 Å². The van der Waals surface area contributed by atoms with Gasteiger partial charge in [-0.15, -0.1) is 11.8 Å². The summed E-state index contributed by atoms with van der Waals surface area (Å²) in [6.07, 6.45) is 1.60. The van der Waals surface area contributed by atoms with Crippen molar-refractivity contribution in [3.63, 3.8) is 0 Å². The van der Waals surface area contributed by atoms with E-state index in [9.17, 15) is 14.0 Å². The number of likely N-dealkylation sites (tertiary alicyclic amines) is 1. The van der Waals surface area contributed by atoms with E-state index in [0.29, 0.717) is 18.8 Å². The van der Waals surface area contributed by atoms with E-state index >= 15 is 0 Å². The fraction of sp³-hybridized carbons (Fsp3) is 0.529. The first-order valence-corrected chi connectivity index (χ1v) is 8.92. The molecule has 2 amide bonds. The molecule has 126 valence electrons. The summed E-state index contributed by atoms with van der Waals surface area (Å²) in [5.74, 6) is 0.190. The van der Waals surface area contributed by atoms with Gasteiger partial charge in [0.05, 0.1) is 5.75 Å². The Hall–Kier alpha value is -1.56. The van der Waals surface area contributed by atoms with Crippen LogP contribution in [0.2, 0.25) is 0 Å². The maximum Gasteiger partial charge on any atom is 0.230 e. The molecule has 0 radical (unpaired) electrons. The minimum atomic E-state index is -0.253. The van der Waals surface area contributed by atoms with Gasteiger partial charge in [-0.2, -0.15) is 0 Å². The Labute approximate surface area is 140 Å². The van der Waals surface area contributed by atoms with Crippen molar-refractivity contribution in [1.82, 2.24) is 10.2 Å². The lowest BCUT2D eigenvalue weighted by Gasteiger charge is -2.31. The number of hydrogen-bond donors (Lipinski definition) is 1. The summed E-state index contributed by atoms with van der Waals surface area (Å²) >= 11 is 1.50. The molecule has 1 saturated heterocycles. The van der Waals surface area contributed by atoms with Gasteiger partial charge < -0.3 is 10.2 Å². The van der Waals surface area contributed by atoms with Gasteiger partial charge >= 0.3 is 0 Å². The number of hydrogen-bond acceptors (Lipinski definition) is 3. The normalized spacial score (nSPS) is 16.9. The largest absolute Gasteiger partial charge is 0.353 e. The first-order chi connectivity index (χ1) is 11.0. The lowest BCUT2D eigenvalue weighted by Crippen LogP contribution is -2.46. The highest BCUT2D eigenvalue weighted by Gasteiger charge is 2.22. The number of piperidine rings is 1. The number of rotatable bonds is 5. The molecule has 4 nitrogen and oxygen atoms in total. The zero-order chi connectivity index (χ0) is 16.8. The first kappa shape index (κ1) is 17.8. The van der Waals surface area contributed by atoms with Crippen molar-refractivity contribution in [2.24, 2.45) is 0 Å². The molecule has 1 aliphatic rings. The van der Waals surface area contributed by atoms with Gasteiger partial charge in [0.2, 0.25) is 11.8 Å². The van der Waals surface area contributed by atoms with Crippen molar-refractivity contribution < 1.29 is 14.0 Å². The van der Waals surface area contributed by atoms with Crippen LogP contribution in [0.5, 0.6) is 0 Å². The Balaban J connectivity index is 1.72. The number of halogens is 1. The van der Waals surface area contributed by atoms with Crippen molar-refractivity contribution >= 4 is 23.6 Å². The molecule has 1 N–H and O–H groups in total. The lowest BCUT2D eigenvalue weighted by atomic mass is 10.1. The smallest absolute Gasteiger partial charge is 0.230 e. The van der Waals surface area contributed by atoms with Crippen LogP contribution < -0.4 is 5.32 Å². The van der Waals surface area contributed by atoms with Crippen molar-refractivity contribution in [3.05, 3.63) is 35.6 Å². The second kappa shape index (κ2) is 8.34. The van der Waals surface area contributed by atoms with Gasteiger partial charge in [-0.1, -0.05) is 12.1 Å². The third-order valence-corrected chi connectivity index (χ3v) is 5.29. The topological polar surface area (TPSA) is 49.4 Å². The SMILES string of the molecule is CC(=O)N1CCC(NC(=O)CS[C@H](C)c2cccc(F)c2)CC1. The Morgan fingerprint density at radius 2 is 2.09 bits per heavy atom. The standard InChI is InChI=1S/C17H23FN2O2S/c1-12(14-4-3-5-15(18)10-14)23-11-17(22)19-16-6-8-20(9-7-16)13(2)21/h3-5,10,12,16H,6-9,11H2,1-2H3,(H,19,22)/t12-/m1/s1. The predicted octanol–water partition coefficient (Wildman–Crippen LogP) is 2.75. The van der Waals surface area contributed by atoms with E-state index in [4.69, 9.17) is 0 Å². The van der Waals surface area contributed by atoms with Crippen LogP contribution in [0.3, 0.4) is 0 Å². The molecule has 0 bridgehead atoms. The van der Waals surface area contributed by atoms with Gasteiger partial charge in [0.15, 0.2) is 0 Å². The summed E-state index contributed by atoms with van der Waals surface area (Å²) in [5, 5.41) is 3.09. The zero-order valence-electron chi connectivity index (χ0n) is 13.5. The number of nitrogens with zero attached hydrogens (tertiary/aromatic N) is 1. The summed E-state index contributed by atoms with van der Waals surface area (Å²) in [6, 6.07) is 6.62. The number of benzene rings is 1. The minimum Gasteiger partial charge on any atom is -0.353 e. The zero-order valence-corrected chi connectivity index (χ0v) is 14.4. The molecule has 1 aromatic carbocycles. The van der Waals surface area contributed by atoms with Crippen molar-refractivity contribution in [1.29, 1.82) is 0 Å². The van der Waals surface area contributed by atoms with Crippen LogP contribution in [0.1, 0.15) is 37.5 Å². The summed E-state index contributed by atoms with van der Waals surface area (Å²) < 4.78 is 13.2. The average Bonchev–Trinajstić information content (AvgIpc) is 2.53. The van der Waals surface area contributed by atoms with Crippen LogP contribution in [0.15, 0.2) is 24.3 Å². The molecule has 6 heteroatoms. The molecule has 1 aromatic rings. The molecule has 2 rings (SSSR count). The Morgan fingerprint density at radius 3 is 2.70 bits per heavy atom. The van der Waals surface area contributed by atoms with Crippen LogP contribution in [-0.4, -0.2) is 41.6 Å². The van der Waals surface area contributed by atoms with E-state index in [1.165, 1.54) is 23.9 Å². The quantitative estimate of drug-likeness (QED) is 0.898. The van der Waals surface area contributed by atoms with Crippen molar-refractivity contribution in [2.75, 3.05) is 18.8 Å². The highest BCUT2D eigenvalue weighted by Crippen LogP contribution is 2.28. The molecule has 0 saturated carbocycles. The van der Waals surface area contributed by atoms with E-state index in [-0.39, 0.29) is 28.9 Å². The third-order valence-electron chi connectivity index (χ3n) is 4.09. The van der Waals surface area contributed by atoms with Crippen LogP contribution in [-0.2, 0) is 9.59 Å². The lowest BCUT2D eigenvalue weighted by molar-refractivity contribution is -0.130. The Kier molecular flexibility index (Phi) is 6.45. The van der Waals surface area contributed by atoms with E-state index in [2.05, 4.69) is 5.32 Å². The highest BCUT2D eigenvalue weighted by molar-refractivity contribution is 8.00. The molecule has 0 spiro atoms. The Morgan fingerprint density at radius 1 is 1.39 bits per heavy atom. The molecule has 23 heavy (non-hydrogen) atoms. The fourth-order valence-electron chi connectivity index (χ4n) is 2.66. The molecule has 1 fully saturated rings. The number of nitrogens with one attached hydrogen (secondary N) is 1. The summed E-state index contributed by atoms with van der Waals surface area (Å²) in [7, 11) is 0. The van der Waals surface area contributed by atoms with Crippen molar-refractivity contribution in [3.8, 4) is 0 Å². The average molecular weight is 338 g/mol. The third kappa shape index (κ3) is 5.53. The van der Waals surface area contributed by atoms with Crippen LogP contribution in [0, 0.1) is 5.82 Å². The van der Waals surface area contributed by atoms with Crippen LogP contribution >= 0.6 is 11.8 Å². The van der Waals surface area contributed by atoms with Gasteiger partial charge in [0.25, 0.3) is 0 Å². The molecule has 1 atom stereocenters. The number of carbonyl (C=O) groups excluding carboxylic acids is 2. The van der Waals surface area contributed by atoms with E-state index in [0.717, 1.165) is 18.4 Å². The summed E-state index contributed by atoms with van der Waals surface area (Å²) in [5.41, 5.74) is 0.887. The summed E-state index contributed by atoms with van der Waals surface area (Å²) in [6.45, 7) is 4.95. The second-order valence-corrected chi connectivity index (χ2v) is 7.19. The van der Waals surface area contributed by atoms with Gasteiger partial charge in [-0.25, -0.2) is 4.39 Å². The number of thioether (sulfide) groups is 1. The van der Waals surface area contributed by atoms with Crippen molar-refractivity contribution in [2.45, 2.75) is 38.0 Å². The molecule has 0 aliphatic carbocycles. The maximum atomic E-state index is 13.2. The monoisotopic (exact) mass is 338 g/mol. The molecular weight excluding hydrogens is 315 g/mol.